The van der Waals surface area contributed by atoms with Gasteiger partial charge in [0.05, 0.1) is 0 Å². The normalized spacial score (nSPS) is 15.8. The SMILES string of the molecule is CCO[Si](CCC(C)C(CCCOCC(F)(F)C(F)(F)F)O[Si](C)(C)C)(OCC)OCC. The van der Waals surface area contributed by atoms with Crippen LogP contribution in [0.4, 0.5) is 22.0 Å². The van der Waals surface area contributed by atoms with E-state index in [1.54, 1.807) is 0 Å². The average Bonchev–Trinajstić information content (AvgIpc) is 2.63. The van der Waals surface area contributed by atoms with Crippen molar-refractivity contribution in [2.24, 2.45) is 5.92 Å². The Morgan fingerprint density at radius 2 is 1.31 bits per heavy atom. The van der Waals surface area contributed by atoms with Gasteiger partial charge >= 0.3 is 20.9 Å². The highest BCUT2D eigenvalue weighted by molar-refractivity contribution is 6.69. The third-order valence-electron chi connectivity index (χ3n) is 4.61. The van der Waals surface area contributed by atoms with Gasteiger partial charge in [0, 0.05) is 38.6 Å². The zero-order valence-electron chi connectivity index (χ0n) is 20.4. The van der Waals surface area contributed by atoms with E-state index in [-0.39, 0.29) is 18.6 Å². The molecule has 0 spiro atoms. The molecule has 0 N–H and O–H groups in total. The molecule has 0 aromatic carbocycles. The Morgan fingerprint density at radius 3 is 1.72 bits per heavy atom. The van der Waals surface area contributed by atoms with Crippen LogP contribution in [0.5, 0.6) is 0 Å². The van der Waals surface area contributed by atoms with Gasteiger partial charge in [-0.1, -0.05) is 6.92 Å². The zero-order chi connectivity index (χ0) is 25.1. The van der Waals surface area contributed by atoms with Crippen molar-refractivity contribution in [1.29, 1.82) is 0 Å². The first kappa shape index (κ1) is 31.9. The molecular weight excluding hydrogens is 471 g/mol. The van der Waals surface area contributed by atoms with Crippen LogP contribution in [0.1, 0.15) is 47.0 Å². The van der Waals surface area contributed by atoms with E-state index >= 15 is 0 Å². The number of hydrogen-bond donors (Lipinski definition) is 0. The van der Waals surface area contributed by atoms with Crippen LogP contribution in [0.3, 0.4) is 0 Å². The lowest BCUT2D eigenvalue weighted by molar-refractivity contribution is -0.296. The Hall–Kier alpha value is -0.116. The molecular formula is C20H41F5O5Si2. The van der Waals surface area contributed by atoms with Gasteiger partial charge in [-0.2, -0.15) is 22.0 Å². The molecule has 0 aliphatic carbocycles. The summed E-state index contributed by atoms with van der Waals surface area (Å²) in [5.41, 5.74) is 0. The molecule has 2 unspecified atom stereocenters. The molecule has 2 atom stereocenters. The largest absolute Gasteiger partial charge is 0.500 e. The van der Waals surface area contributed by atoms with Crippen molar-refractivity contribution in [3.05, 3.63) is 0 Å². The molecule has 0 amide bonds. The first-order chi connectivity index (χ1) is 14.6. The van der Waals surface area contributed by atoms with Gasteiger partial charge < -0.3 is 22.4 Å². The van der Waals surface area contributed by atoms with Crippen molar-refractivity contribution in [2.45, 2.75) is 90.8 Å². The predicted octanol–water partition coefficient (Wildman–Crippen LogP) is 6.28. The molecule has 194 valence electrons. The van der Waals surface area contributed by atoms with Gasteiger partial charge in [0.1, 0.15) is 6.61 Å². The number of alkyl halides is 5. The zero-order valence-corrected chi connectivity index (χ0v) is 22.4. The number of ether oxygens (including phenoxy) is 1. The van der Waals surface area contributed by atoms with Crippen molar-refractivity contribution in [3.8, 4) is 0 Å². The monoisotopic (exact) mass is 512 g/mol. The fraction of sp³-hybridized carbons (Fsp3) is 1.00. The summed E-state index contributed by atoms with van der Waals surface area (Å²) >= 11 is 0. The standard InChI is InChI=1S/C20H41F5O5Si2/c1-8-27-32(28-9-2,29-10-3)15-13-17(4)18(30-31(5,6)7)12-11-14-26-16-19(21,22)20(23,24)25/h17-18H,8-16H2,1-7H3. The average molecular weight is 513 g/mol. The second-order valence-electron chi connectivity index (χ2n) is 8.66. The highest BCUT2D eigenvalue weighted by atomic mass is 28.4. The molecule has 0 aliphatic rings. The highest BCUT2D eigenvalue weighted by Crippen LogP contribution is 2.35. The van der Waals surface area contributed by atoms with Gasteiger partial charge in [-0.15, -0.1) is 0 Å². The van der Waals surface area contributed by atoms with E-state index in [0.29, 0.717) is 45.1 Å². The molecule has 0 aromatic rings. The summed E-state index contributed by atoms with van der Waals surface area (Å²) < 4.78 is 91.2. The van der Waals surface area contributed by atoms with Gasteiger partial charge in [-0.05, 0) is 65.6 Å². The van der Waals surface area contributed by atoms with Crippen LogP contribution in [0.2, 0.25) is 25.7 Å². The predicted molar refractivity (Wildman–Crippen MR) is 118 cm³/mol. The van der Waals surface area contributed by atoms with E-state index in [2.05, 4.69) is 4.74 Å². The Kier molecular flexibility index (Phi) is 14.3. The molecule has 0 aliphatic heterocycles. The van der Waals surface area contributed by atoms with Crippen LogP contribution >= 0.6 is 0 Å². The second kappa shape index (κ2) is 14.3. The number of halogens is 5. The Labute approximate surface area is 191 Å². The lowest BCUT2D eigenvalue weighted by Crippen LogP contribution is -2.46. The van der Waals surface area contributed by atoms with Crippen LogP contribution in [-0.2, 0) is 22.4 Å². The smallest absolute Gasteiger partial charge is 0.414 e. The molecule has 0 saturated heterocycles. The summed E-state index contributed by atoms with van der Waals surface area (Å²) in [6, 6.07) is 0.615. The number of rotatable bonds is 18. The molecule has 0 rings (SSSR count). The molecule has 5 nitrogen and oxygen atoms in total. The Bertz CT molecular complexity index is 487. The van der Waals surface area contributed by atoms with Gasteiger partial charge in [-0.25, -0.2) is 0 Å². The topological polar surface area (TPSA) is 46.2 Å². The number of hydrogen-bond acceptors (Lipinski definition) is 5. The molecule has 0 radical (unpaired) electrons. The quantitative estimate of drug-likeness (QED) is 0.123. The summed E-state index contributed by atoms with van der Waals surface area (Å²) in [7, 11) is -4.72. The van der Waals surface area contributed by atoms with E-state index in [0.717, 1.165) is 0 Å². The van der Waals surface area contributed by atoms with E-state index in [1.807, 2.05) is 47.3 Å². The Balaban J connectivity index is 4.92. The van der Waals surface area contributed by atoms with Gasteiger partial charge in [-0.3, -0.25) is 0 Å². The minimum atomic E-state index is -5.61. The summed E-state index contributed by atoms with van der Waals surface area (Å²) in [6.45, 7) is 13.4. The molecule has 0 bridgehead atoms. The van der Waals surface area contributed by atoms with E-state index < -0.39 is 35.8 Å². The minimum absolute atomic E-state index is 0.0894. The van der Waals surface area contributed by atoms with Crippen LogP contribution < -0.4 is 0 Å². The molecule has 0 fully saturated rings. The van der Waals surface area contributed by atoms with Gasteiger partial charge in [0.25, 0.3) is 0 Å². The summed E-state index contributed by atoms with van der Waals surface area (Å²) in [4.78, 5) is 0. The lowest BCUT2D eigenvalue weighted by atomic mass is 9.98. The maximum atomic E-state index is 13.0. The van der Waals surface area contributed by atoms with Gasteiger partial charge in [0.15, 0.2) is 8.32 Å². The van der Waals surface area contributed by atoms with Crippen LogP contribution in [0, 0.1) is 5.92 Å². The molecule has 0 aromatic heterocycles. The van der Waals surface area contributed by atoms with E-state index in [1.165, 1.54) is 0 Å². The van der Waals surface area contributed by atoms with E-state index in [9.17, 15) is 22.0 Å². The fourth-order valence-electron chi connectivity index (χ4n) is 3.17. The van der Waals surface area contributed by atoms with Crippen LogP contribution in [0.25, 0.3) is 0 Å². The molecule has 12 heteroatoms. The van der Waals surface area contributed by atoms with Crippen molar-refractivity contribution < 1.29 is 44.4 Å². The summed E-state index contributed by atoms with van der Waals surface area (Å²) in [5.74, 6) is -4.76. The second-order valence-corrected chi connectivity index (χ2v) is 15.9. The van der Waals surface area contributed by atoms with Crippen molar-refractivity contribution >= 4 is 17.1 Å². The van der Waals surface area contributed by atoms with Crippen LogP contribution in [-0.4, -0.2) is 68.4 Å². The van der Waals surface area contributed by atoms with Crippen molar-refractivity contribution in [2.75, 3.05) is 33.0 Å². The summed E-state index contributed by atoms with van der Waals surface area (Å²) in [6.07, 6.45) is -4.25. The third kappa shape index (κ3) is 12.4. The minimum Gasteiger partial charge on any atom is -0.414 e. The first-order valence-electron chi connectivity index (χ1n) is 11.2. The molecule has 0 heterocycles. The van der Waals surface area contributed by atoms with Crippen LogP contribution in [0.15, 0.2) is 0 Å². The first-order valence-corrected chi connectivity index (χ1v) is 16.6. The van der Waals surface area contributed by atoms with Gasteiger partial charge in [0.2, 0.25) is 0 Å². The van der Waals surface area contributed by atoms with E-state index in [4.69, 9.17) is 17.7 Å². The summed E-state index contributed by atoms with van der Waals surface area (Å²) in [5, 5.41) is 0. The maximum Gasteiger partial charge on any atom is 0.500 e. The lowest BCUT2D eigenvalue weighted by Gasteiger charge is -2.33. The molecule has 0 saturated carbocycles. The highest BCUT2D eigenvalue weighted by Gasteiger charge is 2.57. The fourth-order valence-corrected chi connectivity index (χ4v) is 7.24. The third-order valence-corrected chi connectivity index (χ3v) is 8.71. The van der Waals surface area contributed by atoms with Crippen molar-refractivity contribution in [3.63, 3.8) is 0 Å². The molecule has 32 heavy (non-hydrogen) atoms. The Morgan fingerprint density at radius 1 is 0.812 bits per heavy atom. The van der Waals surface area contributed by atoms with Crippen molar-refractivity contribution in [1.82, 2.24) is 0 Å². The maximum absolute atomic E-state index is 13.0.